The largest absolute Gasteiger partial charge is 0.450 e. The van der Waals surface area contributed by atoms with Gasteiger partial charge in [0.15, 0.2) is 0 Å². The molecule has 1 heterocycles. The lowest BCUT2D eigenvalue weighted by molar-refractivity contribution is 0.0570. The molecule has 0 atom stereocenters. The Labute approximate surface area is 193 Å². The highest BCUT2D eigenvalue weighted by atomic mass is 35.5. The lowest BCUT2D eigenvalue weighted by Gasteiger charge is -2.34. The normalized spacial score (nSPS) is 14.2. The van der Waals surface area contributed by atoms with E-state index in [9.17, 15) is 18.0 Å². The Bertz CT molecular complexity index is 1130. The number of nitrogens with one attached hydrogen (secondary N) is 1. The molecule has 32 heavy (non-hydrogen) atoms. The molecule has 2 aromatic rings. The topological polar surface area (TPSA) is 96.0 Å². The molecule has 1 fully saturated rings. The predicted molar refractivity (Wildman–Crippen MR) is 123 cm³/mol. The van der Waals surface area contributed by atoms with Gasteiger partial charge in [-0.2, -0.15) is 0 Å². The van der Waals surface area contributed by atoms with Gasteiger partial charge in [-0.25, -0.2) is 13.2 Å². The van der Waals surface area contributed by atoms with Crippen molar-refractivity contribution >= 4 is 39.3 Å². The quantitative estimate of drug-likeness (QED) is 0.705. The molecule has 0 unspecified atom stereocenters. The van der Waals surface area contributed by atoms with Crippen LogP contribution in [0.15, 0.2) is 41.3 Å². The van der Waals surface area contributed by atoms with E-state index in [0.717, 1.165) is 11.1 Å². The van der Waals surface area contributed by atoms with E-state index in [1.54, 1.807) is 24.0 Å². The Hall–Kier alpha value is -2.78. The molecule has 0 aliphatic carbocycles. The standard InChI is InChI=1S/C22H26ClN3O5S/c1-4-31-22(28)26-11-9-25(10-12-26)21(27)19-14-18(7-8-20(19)23)32(29,30)24-17-6-5-15(2)16(3)13-17/h5-8,13-14,24H,4,9-12H2,1-3H3. The van der Waals surface area contributed by atoms with Crippen LogP contribution in [-0.2, 0) is 14.8 Å². The van der Waals surface area contributed by atoms with Crippen LogP contribution < -0.4 is 4.72 Å². The number of carbonyl (C=O) groups excluding carboxylic acids is 2. The van der Waals surface area contributed by atoms with Crippen LogP contribution in [0, 0.1) is 13.8 Å². The van der Waals surface area contributed by atoms with Gasteiger partial charge in [0.1, 0.15) is 0 Å². The lowest BCUT2D eigenvalue weighted by Crippen LogP contribution is -2.50. The van der Waals surface area contributed by atoms with Gasteiger partial charge in [0.05, 0.1) is 22.1 Å². The molecule has 172 valence electrons. The number of ether oxygens (including phenoxy) is 1. The van der Waals surface area contributed by atoms with Crippen molar-refractivity contribution < 1.29 is 22.7 Å². The van der Waals surface area contributed by atoms with E-state index >= 15 is 0 Å². The zero-order valence-corrected chi connectivity index (χ0v) is 19.8. The second-order valence-corrected chi connectivity index (χ2v) is 9.61. The SMILES string of the molecule is CCOC(=O)N1CCN(C(=O)c2cc(S(=O)(=O)Nc3ccc(C)c(C)c3)ccc2Cl)CC1. The number of halogens is 1. The van der Waals surface area contributed by atoms with Gasteiger partial charge in [-0.3, -0.25) is 9.52 Å². The van der Waals surface area contributed by atoms with Gasteiger partial charge in [-0.05, 0) is 62.2 Å². The summed E-state index contributed by atoms with van der Waals surface area (Å²) in [6, 6.07) is 9.31. The molecule has 1 aliphatic heterocycles. The van der Waals surface area contributed by atoms with E-state index in [-0.39, 0.29) is 28.0 Å². The minimum atomic E-state index is -3.92. The van der Waals surface area contributed by atoms with Crippen molar-refractivity contribution in [2.45, 2.75) is 25.7 Å². The van der Waals surface area contributed by atoms with Crippen LogP contribution in [0.4, 0.5) is 10.5 Å². The van der Waals surface area contributed by atoms with Crippen molar-refractivity contribution in [3.63, 3.8) is 0 Å². The van der Waals surface area contributed by atoms with E-state index < -0.39 is 16.1 Å². The molecule has 1 saturated heterocycles. The number of nitrogens with zero attached hydrogens (tertiary/aromatic N) is 2. The van der Waals surface area contributed by atoms with Crippen LogP contribution in [0.2, 0.25) is 5.02 Å². The maximum absolute atomic E-state index is 13.0. The highest BCUT2D eigenvalue weighted by Crippen LogP contribution is 2.25. The third-order valence-electron chi connectivity index (χ3n) is 5.33. The highest BCUT2D eigenvalue weighted by Gasteiger charge is 2.27. The Morgan fingerprint density at radius 3 is 2.28 bits per heavy atom. The molecule has 0 radical (unpaired) electrons. The van der Waals surface area contributed by atoms with Gasteiger partial charge in [0.2, 0.25) is 0 Å². The summed E-state index contributed by atoms with van der Waals surface area (Å²) in [5.41, 5.74) is 2.54. The highest BCUT2D eigenvalue weighted by molar-refractivity contribution is 7.92. The summed E-state index contributed by atoms with van der Waals surface area (Å²) < 4.78 is 33.3. The van der Waals surface area contributed by atoms with Crippen molar-refractivity contribution in [1.82, 2.24) is 9.80 Å². The fraction of sp³-hybridized carbons (Fsp3) is 0.364. The number of benzene rings is 2. The van der Waals surface area contributed by atoms with Crippen LogP contribution in [0.5, 0.6) is 0 Å². The fourth-order valence-corrected chi connectivity index (χ4v) is 4.61. The first-order valence-corrected chi connectivity index (χ1v) is 12.1. The van der Waals surface area contributed by atoms with Crippen molar-refractivity contribution in [3.8, 4) is 0 Å². The number of rotatable bonds is 5. The first-order valence-electron chi connectivity index (χ1n) is 10.2. The molecule has 2 amide bonds. The molecule has 1 aliphatic rings. The van der Waals surface area contributed by atoms with Gasteiger partial charge in [0.25, 0.3) is 15.9 Å². The molecule has 1 N–H and O–H groups in total. The van der Waals surface area contributed by atoms with Gasteiger partial charge in [0, 0.05) is 31.9 Å². The average molecular weight is 480 g/mol. The van der Waals surface area contributed by atoms with Crippen LogP contribution in [0.1, 0.15) is 28.4 Å². The maximum atomic E-state index is 13.0. The molecule has 2 aromatic carbocycles. The van der Waals surface area contributed by atoms with Crippen molar-refractivity contribution in [1.29, 1.82) is 0 Å². The average Bonchev–Trinajstić information content (AvgIpc) is 2.76. The number of hydrogen-bond acceptors (Lipinski definition) is 5. The predicted octanol–water partition coefficient (Wildman–Crippen LogP) is 3.67. The number of carbonyl (C=O) groups is 2. The van der Waals surface area contributed by atoms with E-state index in [1.165, 1.54) is 23.1 Å². The van der Waals surface area contributed by atoms with E-state index in [1.807, 2.05) is 19.9 Å². The second-order valence-electron chi connectivity index (χ2n) is 7.52. The van der Waals surface area contributed by atoms with Crippen LogP contribution >= 0.6 is 11.6 Å². The molecule has 0 aromatic heterocycles. The third-order valence-corrected chi connectivity index (χ3v) is 7.04. The summed E-state index contributed by atoms with van der Waals surface area (Å²) in [5.74, 6) is -0.387. The molecule has 0 spiro atoms. The van der Waals surface area contributed by atoms with E-state index in [4.69, 9.17) is 16.3 Å². The zero-order valence-electron chi connectivity index (χ0n) is 18.2. The summed E-state index contributed by atoms with van der Waals surface area (Å²) in [6.45, 7) is 7.10. The lowest BCUT2D eigenvalue weighted by atomic mass is 10.1. The van der Waals surface area contributed by atoms with E-state index in [0.29, 0.717) is 31.9 Å². The Balaban J connectivity index is 1.77. The first kappa shape index (κ1) is 23.9. The van der Waals surface area contributed by atoms with Gasteiger partial charge in [-0.15, -0.1) is 0 Å². The van der Waals surface area contributed by atoms with E-state index in [2.05, 4.69) is 4.72 Å². The summed E-state index contributed by atoms with van der Waals surface area (Å²) in [6.07, 6.45) is -0.414. The number of piperazine rings is 1. The Morgan fingerprint density at radius 2 is 1.66 bits per heavy atom. The molecule has 0 bridgehead atoms. The number of sulfonamides is 1. The van der Waals surface area contributed by atoms with Crippen molar-refractivity contribution in [3.05, 3.63) is 58.1 Å². The molecule has 10 heteroatoms. The van der Waals surface area contributed by atoms with Crippen molar-refractivity contribution in [2.24, 2.45) is 0 Å². The van der Waals surface area contributed by atoms with Crippen LogP contribution in [-0.4, -0.2) is 63.0 Å². The van der Waals surface area contributed by atoms with Crippen LogP contribution in [0.25, 0.3) is 0 Å². The number of anilines is 1. The fourth-order valence-electron chi connectivity index (χ4n) is 3.33. The smallest absolute Gasteiger partial charge is 0.409 e. The van der Waals surface area contributed by atoms with Gasteiger partial charge in [-0.1, -0.05) is 17.7 Å². The first-order chi connectivity index (χ1) is 15.1. The van der Waals surface area contributed by atoms with Gasteiger partial charge >= 0.3 is 6.09 Å². The summed E-state index contributed by atoms with van der Waals surface area (Å²) in [5, 5.41) is 0.160. The monoisotopic (exact) mass is 479 g/mol. The zero-order chi connectivity index (χ0) is 23.5. The molecule has 0 saturated carbocycles. The summed E-state index contributed by atoms with van der Waals surface area (Å²) in [4.78, 5) is 27.9. The second kappa shape index (κ2) is 9.79. The minimum Gasteiger partial charge on any atom is -0.450 e. The molecular weight excluding hydrogens is 454 g/mol. The number of hydrogen-bond donors (Lipinski definition) is 1. The maximum Gasteiger partial charge on any atom is 0.409 e. The number of aryl methyl sites for hydroxylation is 2. The Kier molecular flexibility index (Phi) is 7.30. The van der Waals surface area contributed by atoms with Crippen molar-refractivity contribution in [2.75, 3.05) is 37.5 Å². The Morgan fingerprint density at radius 1 is 1.00 bits per heavy atom. The molecular formula is C22H26ClN3O5S. The number of amides is 2. The minimum absolute atomic E-state index is 0.0614. The summed E-state index contributed by atoms with van der Waals surface area (Å²) >= 11 is 6.23. The summed E-state index contributed by atoms with van der Waals surface area (Å²) in [7, 11) is -3.92. The van der Waals surface area contributed by atoms with Crippen LogP contribution in [0.3, 0.4) is 0 Å². The van der Waals surface area contributed by atoms with Gasteiger partial charge < -0.3 is 14.5 Å². The molecule has 3 rings (SSSR count). The molecule has 8 nitrogen and oxygen atoms in total. The third kappa shape index (κ3) is 5.34.